The highest BCUT2D eigenvalue weighted by Crippen LogP contribution is 2.39. The third-order valence-corrected chi connectivity index (χ3v) is 4.89. The molecule has 148 valence electrons. The van der Waals surface area contributed by atoms with Crippen molar-refractivity contribution in [2.75, 3.05) is 6.61 Å². The molecule has 7 heteroatoms. The van der Waals surface area contributed by atoms with E-state index in [1.54, 1.807) is 48.8 Å². The van der Waals surface area contributed by atoms with Gasteiger partial charge in [-0.25, -0.2) is 0 Å². The molecule has 0 bridgehead atoms. The maximum absolute atomic E-state index is 11.8. The number of pyridine rings is 1. The SMILES string of the molecule is NC(=O)c1ccccc1.O=C1CCOc2c1ccc(OCc1ccncc1)c2Br. The zero-order valence-electron chi connectivity index (χ0n) is 15.5. The minimum atomic E-state index is -0.379. The van der Waals surface area contributed by atoms with E-state index >= 15 is 0 Å². The molecular weight excluding hydrogens is 436 g/mol. The summed E-state index contributed by atoms with van der Waals surface area (Å²) in [7, 11) is 0. The topological polar surface area (TPSA) is 91.5 Å². The van der Waals surface area contributed by atoms with Crippen LogP contribution >= 0.6 is 15.9 Å². The number of amides is 1. The van der Waals surface area contributed by atoms with Crippen molar-refractivity contribution in [3.63, 3.8) is 0 Å². The number of nitrogens with zero attached hydrogens (tertiary/aromatic N) is 1. The van der Waals surface area contributed by atoms with Crippen molar-refractivity contribution in [1.82, 2.24) is 4.98 Å². The normalized spacial score (nSPS) is 12.1. The van der Waals surface area contributed by atoms with Gasteiger partial charge in [-0.15, -0.1) is 0 Å². The lowest BCUT2D eigenvalue weighted by Gasteiger charge is -2.19. The fraction of sp³-hybridized carbons (Fsp3) is 0.136. The Morgan fingerprint density at radius 3 is 2.48 bits per heavy atom. The van der Waals surface area contributed by atoms with Gasteiger partial charge in [-0.3, -0.25) is 14.6 Å². The molecule has 0 saturated heterocycles. The second-order valence-corrected chi connectivity index (χ2v) is 6.94. The van der Waals surface area contributed by atoms with Crippen LogP contribution in [0.3, 0.4) is 0 Å². The molecule has 0 aliphatic carbocycles. The van der Waals surface area contributed by atoms with Gasteiger partial charge in [0, 0.05) is 24.4 Å². The van der Waals surface area contributed by atoms with E-state index in [9.17, 15) is 9.59 Å². The van der Waals surface area contributed by atoms with E-state index in [-0.39, 0.29) is 11.7 Å². The van der Waals surface area contributed by atoms with Crippen molar-refractivity contribution in [2.24, 2.45) is 5.73 Å². The predicted octanol–water partition coefficient (Wildman–Crippen LogP) is 4.17. The van der Waals surface area contributed by atoms with E-state index in [0.29, 0.717) is 46.7 Å². The second kappa shape index (κ2) is 9.84. The van der Waals surface area contributed by atoms with E-state index in [4.69, 9.17) is 15.2 Å². The van der Waals surface area contributed by atoms with Crippen molar-refractivity contribution in [2.45, 2.75) is 13.0 Å². The molecule has 0 fully saturated rings. The number of Topliss-reactive ketones (excluding diaryl/α,β-unsaturated/α-hetero) is 1. The Balaban J connectivity index is 0.000000224. The Morgan fingerprint density at radius 2 is 1.83 bits per heavy atom. The summed E-state index contributed by atoms with van der Waals surface area (Å²) in [6.45, 7) is 0.853. The number of halogens is 1. The van der Waals surface area contributed by atoms with E-state index in [1.165, 1.54) is 0 Å². The number of hydrogen-bond donors (Lipinski definition) is 1. The molecule has 6 nitrogen and oxygen atoms in total. The molecule has 2 heterocycles. The largest absolute Gasteiger partial charge is 0.491 e. The zero-order valence-corrected chi connectivity index (χ0v) is 17.1. The lowest BCUT2D eigenvalue weighted by molar-refractivity contribution is 0.0931. The molecule has 0 unspecified atom stereocenters. The van der Waals surface area contributed by atoms with Crippen LogP contribution in [-0.2, 0) is 6.61 Å². The average Bonchev–Trinajstić information content (AvgIpc) is 2.76. The van der Waals surface area contributed by atoms with Gasteiger partial charge in [-0.2, -0.15) is 0 Å². The third-order valence-electron chi connectivity index (χ3n) is 4.14. The maximum Gasteiger partial charge on any atom is 0.248 e. The Bertz CT molecular complexity index is 994. The van der Waals surface area contributed by atoms with E-state index in [2.05, 4.69) is 20.9 Å². The quantitative estimate of drug-likeness (QED) is 0.638. The molecule has 1 amide bonds. The minimum absolute atomic E-state index is 0.104. The van der Waals surface area contributed by atoms with E-state index in [1.807, 2.05) is 18.2 Å². The van der Waals surface area contributed by atoms with Crippen LogP contribution in [0.15, 0.2) is 71.5 Å². The number of nitrogens with two attached hydrogens (primary N) is 1. The van der Waals surface area contributed by atoms with Crippen molar-refractivity contribution in [3.8, 4) is 11.5 Å². The number of hydrogen-bond acceptors (Lipinski definition) is 5. The summed E-state index contributed by atoms with van der Waals surface area (Å²) in [6.07, 6.45) is 3.88. The first kappa shape index (κ1) is 20.5. The van der Waals surface area contributed by atoms with Crippen LogP contribution in [0.2, 0.25) is 0 Å². The first-order chi connectivity index (χ1) is 14.1. The molecule has 2 N–H and O–H groups in total. The van der Waals surface area contributed by atoms with E-state index < -0.39 is 0 Å². The molecule has 0 atom stereocenters. The van der Waals surface area contributed by atoms with Gasteiger partial charge in [-0.05, 0) is 57.9 Å². The van der Waals surface area contributed by atoms with Gasteiger partial charge < -0.3 is 15.2 Å². The van der Waals surface area contributed by atoms with Crippen LogP contribution in [0.4, 0.5) is 0 Å². The number of rotatable bonds is 4. The number of ether oxygens (including phenoxy) is 2. The molecule has 0 radical (unpaired) electrons. The monoisotopic (exact) mass is 454 g/mol. The third kappa shape index (κ3) is 5.42. The van der Waals surface area contributed by atoms with Crippen molar-refractivity contribution < 1.29 is 19.1 Å². The van der Waals surface area contributed by atoms with Gasteiger partial charge in [0.25, 0.3) is 0 Å². The highest BCUT2D eigenvalue weighted by atomic mass is 79.9. The number of primary amides is 1. The summed E-state index contributed by atoms with van der Waals surface area (Å²) in [6, 6.07) is 16.1. The molecule has 4 rings (SSSR count). The summed E-state index contributed by atoms with van der Waals surface area (Å²) in [5.74, 6) is 0.965. The summed E-state index contributed by atoms with van der Waals surface area (Å²) in [5.41, 5.74) is 7.17. The number of carbonyl (C=O) groups excluding carboxylic acids is 2. The predicted molar refractivity (Wildman–Crippen MR) is 112 cm³/mol. The summed E-state index contributed by atoms with van der Waals surface area (Å²) < 4.78 is 12.0. The van der Waals surface area contributed by atoms with Crippen molar-refractivity contribution >= 4 is 27.6 Å². The standard InChI is InChI=1S/C15H12BrNO3.C7H7NO/c16-14-13(20-9-10-3-6-17-7-4-10)2-1-11-12(18)5-8-19-15(11)14;8-7(9)6-4-2-1-3-5-6/h1-4,6-7H,5,8-9H2;1-5H,(H2,8,9). The lowest BCUT2D eigenvalue weighted by Crippen LogP contribution is -2.15. The van der Waals surface area contributed by atoms with Gasteiger partial charge in [-0.1, -0.05) is 18.2 Å². The van der Waals surface area contributed by atoms with Crippen LogP contribution in [-0.4, -0.2) is 23.3 Å². The first-order valence-corrected chi connectivity index (χ1v) is 9.70. The van der Waals surface area contributed by atoms with Crippen LogP contribution in [0.5, 0.6) is 11.5 Å². The summed E-state index contributed by atoms with van der Waals surface area (Å²) in [4.78, 5) is 26.2. The molecule has 0 spiro atoms. The first-order valence-electron chi connectivity index (χ1n) is 8.91. The number of carbonyl (C=O) groups is 2. The highest BCUT2D eigenvalue weighted by Gasteiger charge is 2.23. The Hall–Kier alpha value is -3.19. The van der Waals surface area contributed by atoms with Gasteiger partial charge in [0.2, 0.25) is 5.91 Å². The van der Waals surface area contributed by atoms with Gasteiger partial charge in [0.1, 0.15) is 22.6 Å². The number of fused-ring (bicyclic) bond motifs is 1. The molecule has 3 aromatic rings. The summed E-state index contributed by atoms with van der Waals surface area (Å²) >= 11 is 3.45. The van der Waals surface area contributed by atoms with E-state index in [0.717, 1.165) is 5.56 Å². The fourth-order valence-corrected chi connectivity index (χ4v) is 3.21. The Morgan fingerprint density at radius 1 is 1.10 bits per heavy atom. The van der Waals surface area contributed by atoms with Crippen molar-refractivity contribution in [1.29, 1.82) is 0 Å². The molecule has 0 saturated carbocycles. The molecule has 1 aliphatic heterocycles. The second-order valence-electron chi connectivity index (χ2n) is 6.15. The number of benzene rings is 2. The number of aromatic nitrogens is 1. The Kier molecular flexibility index (Phi) is 6.97. The van der Waals surface area contributed by atoms with Crippen LogP contribution in [0.1, 0.15) is 32.7 Å². The fourth-order valence-electron chi connectivity index (χ4n) is 2.63. The van der Waals surface area contributed by atoms with Gasteiger partial charge in [0.05, 0.1) is 12.2 Å². The minimum Gasteiger partial charge on any atom is -0.491 e. The van der Waals surface area contributed by atoms with Gasteiger partial charge in [0.15, 0.2) is 5.78 Å². The van der Waals surface area contributed by atoms with Crippen LogP contribution in [0, 0.1) is 0 Å². The average molecular weight is 455 g/mol. The zero-order chi connectivity index (χ0) is 20.6. The molecular formula is C22H19BrN2O4. The Labute approximate surface area is 176 Å². The number of ketones is 1. The van der Waals surface area contributed by atoms with Crippen LogP contribution < -0.4 is 15.2 Å². The summed E-state index contributed by atoms with van der Waals surface area (Å²) in [5, 5.41) is 0. The van der Waals surface area contributed by atoms with Crippen molar-refractivity contribution in [3.05, 3.63) is 88.2 Å². The smallest absolute Gasteiger partial charge is 0.248 e. The van der Waals surface area contributed by atoms with Gasteiger partial charge >= 0.3 is 0 Å². The molecule has 29 heavy (non-hydrogen) atoms. The highest BCUT2D eigenvalue weighted by molar-refractivity contribution is 9.10. The molecule has 1 aliphatic rings. The molecule has 1 aromatic heterocycles. The van der Waals surface area contributed by atoms with Crippen LogP contribution in [0.25, 0.3) is 0 Å². The molecule has 2 aromatic carbocycles. The lowest BCUT2D eigenvalue weighted by atomic mass is 10.1. The maximum atomic E-state index is 11.8.